The minimum absolute atomic E-state index is 0.738. The summed E-state index contributed by atoms with van der Waals surface area (Å²) in [6, 6.07) is 0. The van der Waals surface area contributed by atoms with Gasteiger partial charge in [0.1, 0.15) is 0 Å². The molecule has 0 aromatic carbocycles. The molecule has 0 aliphatic carbocycles. The molecule has 0 saturated heterocycles. The summed E-state index contributed by atoms with van der Waals surface area (Å²) in [5.41, 5.74) is 0.787. The zero-order valence-corrected chi connectivity index (χ0v) is 7.44. The SMILES string of the molecule is CCNCc1nnc2cnccn12. The van der Waals surface area contributed by atoms with Crippen molar-refractivity contribution in [1.82, 2.24) is 24.9 Å². The predicted octanol–water partition coefficient (Wildman–Crippen LogP) is 0.234. The standard InChI is InChI=1S/C8H11N5/c1-2-9-5-7-11-12-8-6-10-3-4-13(7)8/h3-4,6,9H,2,5H2,1H3. The molecular formula is C8H11N5. The lowest BCUT2D eigenvalue weighted by atomic mass is 10.5. The van der Waals surface area contributed by atoms with Crippen LogP contribution in [0.4, 0.5) is 0 Å². The van der Waals surface area contributed by atoms with E-state index < -0.39 is 0 Å². The topological polar surface area (TPSA) is 55.1 Å². The molecule has 0 spiro atoms. The van der Waals surface area contributed by atoms with Crippen molar-refractivity contribution in [2.75, 3.05) is 6.54 Å². The van der Waals surface area contributed by atoms with Gasteiger partial charge in [0.15, 0.2) is 11.5 Å². The van der Waals surface area contributed by atoms with Crippen LogP contribution in [0.1, 0.15) is 12.7 Å². The van der Waals surface area contributed by atoms with Crippen molar-refractivity contribution in [3.8, 4) is 0 Å². The molecule has 2 heterocycles. The molecular weight excluding hydrogens is 166 g/mol. The Morgan fingerprint density at radius 2 is 2.38 bits per heavy atom. The van der Waals surface area contributed by atoms with Crippen molar-refractivity contribution in [2.24, 2.45) is 0 Å². The third-order valence-corrected chi connectivity index (χ3v) is 1.82. The second-order valence-corrected chi connectivity index (χ2v) is 2.70. The minimum Gasteiger partial charge on any atom is -0.310 e. The van der Waals surface area contributed by atoms with Gasteiger partial charge in [0, 0.05) is 12.4 Å². The molecule has 0 amide bonds. The maximum atomic E-state index is 4.04. The number of nitrogens with zero attached hydrogens (tertiary/aromatic N) is 4. The number of hydrogen-bond acceptors (Lipinski definition) is 4. The van der Waals surface area contributed by atoms with Crippen LogP contribution in [0.15, 0.2) is 18.6 Å². The summed E-state index contributed by atoms with van der Waals surface area (Å²) in [5.74, 6) is 0.916. The van der Waals surface area contributed by atoms with Crippen LogP contribution >= 0.6 is 0 Å². The van der Waals surface area contributed by atoms with E-state index in [1.54, 1.807) is 12.4 Å². The molecule has 0 aliphatic heterocycles. The molecule has 0 unspecified atom stereocenters. The molecule has 5 heteroatoms. The second kappa shape index (κ2) is 3.49. The number of hydrogen-bond donors (Lipinski definition) is 1. The van der Waals surface area contributed by atoms with E-state index in [-0.39, 0.29) is 0 Å². The molecule has 2 rings (SSSR count). The van der Waals surface area contributed by atoms with Gasteiger partial charge >= 0.3 is 0 Å². The van der Waals surface area contributed by atoms with E-state index in [0.29, 0.717) is 0 Å². The fraction of sp³-hybridized carbons (Fsp3) is 0.375. The van der Waals surface area contributed by atoms with Gasteiger partial charge in [-0.2, -0.15) is 0 Å². The smallest absolute Gasteiger partial charge is 0.179 e. The number of fused-ring (bicyclic) bond motifs is 1. The van der Waals surface area contributed by atoms with E-state index in [1.165, 1.54) is 0 Å². The summed E-state index contributed by atoms with van der Waals surface area (Å²) >= 11 is 0. The Morgan fingerprint density at radius 3 is 3.23 bits per heavy atom. The first-order valence-corrected chi connectivity index (χ1v) is 4.26. The van der Waals surface area contributed by atoms with Gasteiger partial charge in [-0.25, -0.2) is 0 Å². The Hall–Kier alpha value is -1.49. The molecule has 5 nitrogen and oxygen atoms in total. The highest BCUT2D eigenvalue weighted by atomic mass is 15.3. The van der Waals surface area contributed by atoms with Crippen molar-refractivity contribution in [3.05, 3.63) is 24.4 Å². The first-order valence-electron chi connectivity index (χ1n) is 4.26. The molecule has 2 aromatic heterocycles. The van der Waals surface area contributed by atoms with Crippen LogP contribution in [0.2, 0.25) is 0 Å². The quantitative estimate of drug-likeness (QED) is 0.729. The largest absolute Gasteiger partial charge is 0.310 e. The molecule has 0 bridgehead atoms. The summed E-state index contributed by atoms with van der Waals surface area (Å²) in [6.07, 6.45) is 5.29. The maximum Gasteiger partial charge on any atom is 0.179 e. The van der Waals surface area contributed by atoms with Gasteiger partial charge in [0.2, 0.25) is 0 Å². The van der Waals surface area contributed by atoms with Crippen LogP contribution in [0, 0.1) is 0 Å². The minimum atomic E-state index is 0.738. The number of rotatable bonds is 3. The third-order valence-electron chi connectivity index (χ3n) is 1.82. The summed E-state index contributed by atoms with van der Waals surface area (Å²) in [6.45, 7) is 3.73. The van der Waals surface area contributed by atoms with Gasteiger partial charge in [0.25, 0.3) is 0 Å². The molecule has 0 aliphatic rings. The van der Waals surface area contributed by atoms with Crippen molar-refractivity contribution in [3.63, 3.8) is 0 Å². The van der Waals surface area contributed by atoms with Crippen molar-refractivity contribution >= 4 is 5.65 Å². The Morgan fingerprint density at radius 1 is 1.46 bits per heavy atom. The van der Waals surface area contributed by atoms with Gasteiger partial charge in [0.05, 0.1) is 12.7 Å². The van der Waals surface area contributed by atoms with Gasteiger partial charge in [-0.3, -0.25) is 9.38 Å². The second-order valence-electron chi connectivity index (χ2n) is 2.70. The Kier molecular flexibility index (Phi) is 2.18. The van der Waals surface area contributed by atoms with E-state index >= 15 is 0 Å². The lowest BCUT2D eigenvalue weighted by molar-refractivity contribution is 0.683. The van der Waals surface area contributed by atoms with Crippen molar-refractivity contribution < 1.29 is 0 Å². The molecule has 1 N–H and O–H groups in total. The summed E-state index contributed by atoms with van der Waals surface area (Å²) in [4.78, 5) is 3.96. The van der Waals surface area contributed by atoms with Crippen LogP contribution in [-0.2, 0) is 6.54 Å². The first-order chi connectivity index (χ1) is 6.42. The van der Waals surface area contributed by atoms with Crippen LogP contribution in [-0.4, -0.2) is 26.1 Å². The van der Waals surface area contributed by atoms with Gasteiger partial charge in [-0.1, -0.05) is 6.92 Å². The fourth-order valence-corrected chi connectivity index (χ4v) is 1.16. The zero-order chi connectivity index (χ0) is 9.10. The number of nitrogens with one attached hydrogen (secondary N) is 1. The van der Waals surface area contributed by atoms with Gasteiger partial charge in [-0.05, 0) is 6.54 Å². The van der Waals surface area contributed by atoms with E-state index in [2.05, 4.69) is 27.4 Å². The highest BCUT2D eigenvalue weighted by Crippen LogP contribution is 1.99. The van der Waals surface area contributed by atoms with Crippen molar-refractivity contribution in [1.29, 1.82) is 0 Å². The Balaban J connectivity index is 2.35. The molecule has 0 fully saturated rings. The van der Waals surface area contributed by atoms with E-state index in [9.17, 15) is 0 Å². The molecule has 0 saturated carbocycles. The molecule has 68 valence electrons. The monoisotopic (exact) mass is 177 g/mol. The zero-order valence-electron chi connectivity index (χ0n) is 7.44. The van der Waals surface area contributed by atoms with Crippen molar-refractivity contribution in [2.45, 2.75) is 13.5 Å². The molecule has 2 aromatic rings. The van der Waals surface area contributed by atoms with Gasteiger partial charge < -0.3 is 5.32 Å². The highest BCUT2D eigenvalue weighted by Gasteiger charge is 2.02. The predicted molar refractivity (Wildman–Crippen MR) is 48.2 cm³/mol. The van der Waals surface area contributed by atoms with Crippen LogP contribution < -0.4 is 5.32 Å². The molecule has 0 atom stereocenters. The normalized spacial score (nSPS) is 10.8. The number of aromatic nitrogens is 4. The van der Waals surface area contributed by atoms with Crippen LogP contribution in [0.3, 0.4) is 0 Å². The Labute approximate surface area is 75.8 Å². The van der Waals surface area contributed by atoms with Gasteiger partial charge in [-0.15, -0.1) is 10.2 Å². The first kappa shape index (κ1) is 8.12. The third kappa shape index (κ3) is 1.50. The maximum absolute atomic E-state index is 4.04. The average molecular weight is 177 g/mol. The van der Waals surface area contributed by atoms with Crippen LogP contribution in [0.5, 0.6) is 0 Å². The highest BCUT2D eigenvalue weighted by molar-refractivity contribution is 5.33. The lowest BCUT2D eigenvalue weighted by Gasteiger charge is -1.98. The summed E-state index contributed by atoms with van der Waals surface area (Å²) in [7, 11) is 0. The van der Waals surface area contributed by atoms with E-state index in [4.69, 9.17) is 0 Å². The van der Waals surface area contributed by atoms with E-state index in [0.717, 1.165) is 24.6 Å². The summed E-state index contributed by atoms with van der Waals surface area (Å²) < 4.78 is 1.93. The molecule has 13 heavy (non-hydrogen) atoms. The average Bonchev–Trinajstić information content (AvgIpc) is 2.58. The van der Waals surface area contributed by atoms with E-state index in [1.807, 2.05) is 10.6 Å². The van der Waals surface area contributed by atoms with Crippen LogP contribution in [0.25, 0.3) is 5.65 Å². The molecule has 0 radical (unpaired) electrons. The Bertz CT molecular complexity index is 394. The summed E-state index contributed by atoms with van der Waals surface area (Å²) in [5, 5.41) is 11.2. The fourth-order valence-electron chi connectivity index (χ4n) is 1.16. The lowest BCUT2D eigenvalue weighted by Crippen LogP contribution is -2.14.